The summed E-state index contributed by atoms with van der Waals surface area (Å²) >= 11 is 12.0. The van der Waals surface area contributed by atoms with Crippen LogP contribution in [-0.2, 0) is 22.6 Å². The van der Waals surface area contributed by atoms with Crippen LogP contribution in [0.5, 0.6) is 0 Å². The van der Waals surface area contributed by atoms with Crippen molar-refractivity contribution in [1.82, 2.24) is 10.2 Å². The zero-order valence-electron chi connectivity index (χ0n) is 14.8. The first kappa shape index (κ1) is 20.3. The molecule has 2 aromatic rings. The second-order valence-corrected chi connectivity index (χ2v) is 6.87. The number of carbonyl (C=O) groups excluding carboxylic acids is 2. The molecule has 1 unspecified atom stereocenters. The van der Waals surface area contributed by atoms with E-state index in [4.69, 9.17) is 23.2 Å². The van der Waals surface area contributed by atoms with Gasteiger partial charge in [-0.2, -0.15) is 0 Å². The fourth-order valence-electron chi connectivity index (χ4n) is 2.80. The molecule has 0 aliphatic heterocycles. The molecule has 26 heavy (non-hydrogen) atoms. The Morgan fingerprint density at radius 3 is 2.31 bits per heavy atom. The predicted octanol–water partition coefficient (Wildman–Crippen LogP) is 4.09. The van der Waals surface area contributed by atoms with E-state index in [2.05, 4.69) is 5.32 Å². The molecule has 1 atom stereocenters. The van der Waals surface area contributed by atoms with Crippen LogP contribution in [0.3, 0.4) is 0 Å². The van der Waals surface area contributed by atoms with Gasteiger partial charge in [-0.1, -0.05) is 54.4 Å². The standard InChI is InChI=1S/C20H22Cl2N2O2/c1-3-18(20(26)23-2)24(13-14-7-9-16(21)10-8-14)19(25)12-15-5-4-6-17(22)11-15/h4-11,18H,3,12-13H2,1-2H3,(H,23,26). The summed E-state index contributed by atoms with van der Waals surface area (Å²) in [6.45, 7) is 2.23. The predicted molar refractivity (Wildman–Crippen MR) is 105 cm³/mol. The topological polar surface area (TPSA) is 49.4 Å². The summed E-state index contributed by atoms with van der Waals surface area (Å²) in [5, 5.41) is 3.85. The molecule has 6 heteroatoms. The molecule has 138 valence electrons. The number of hydrogen-bond acceptors (Lipinski definition) is 2. The highest BCUT2D eigenvalue weighted by Gasteiger charge is 2.27. The third kappa shape index (κ3) is 5.48. The quantitative estimate of drug-likeness (QED) is 0.771. The van der Waals surface area contributed by atoms with Crippen LogP contribution in [0.25, 0.3) is 0 Å². The number of likely N-dealkylation sites (N-methyl/N-ethyl adjacent to an activating group) is 1. The van der Waals surface area contributed by atoms with Gasteiger partial charge < -0.3 is 10.2 Å². The summed E-state index contributed by atoms with van der Waals surface area (Å²) < 4.78 is 0. The van der Waals surface area contributed by atoms with Crippen molar-refractivity contribution in [1.29, 1.82) is 0 Å². The number of carbonyl (C=O) groups is 2. The van der Waals surface area contributed by atoms with Crippen LogP contribution in [-0.4, -0.2) is 29.8 Å². The molecule has 0 saturated heterocycles. The van der Waals surface area contributed by atoms with Crippen LogP contribution in [0.15, 0.2) is 48.5 Å². The zero-order chi connectivity index (χ0) is 19.1. The van der Waals surface area contributed by atoms with Gasteiger partial charge in [-0.3, -0.25) is 9.59 Å². The van der Waals surface area contributed by atoms with Gasteiger partial charge in [0.25, 0.3) is 0 Å². The Hall–Kier alpha value is -2.04. The Labute approximate surface area is 164 Å². The van der Waals surface area contributed by atoms with Crippen LogP contribution in [0.1, 0.15) is 24.5 Å². The van der Waals surface area contributed by atoms with Gasteiger partial charge in [-0.25, -0.2) is 0 Å². The second-order valence-electron chi connectivity index (χ2n) is 5.99. The zero-order valence-corrected chi connectivity index (χ0v) is 16.3. The van der Waals surface area contributed by atoms with E-state index in [0.29, 0.717) is 23.0 Å². The lowest BCUT2D eigenvalue weighted by Crippen LogP contribution is -2.48. The van der Waals surface area contributed by atoms with Gasteiger partial charge in [-0.15, -0.1) is 0 Å². The molecular formula is C20H22Cl2N2O2. The van der Waals surface area contributed by atoms with E-state index < -0.39 is 6.04 Å². The van der Waals surface area contributed by atoms with Crippen molar-refractivity contribution in [2.24, 2.45) is 0 Å². The number of hydrogen-bond donors (Lipinski definition) is 1. The van der Waals surface area contributed by atoms with E-state index in [1.54, 1.807) is 36.2 Å². The Bertz CT molecular complexity index is 763. The molecule has 0 fully saturated rings. The molecule has 0 aliphatic rings. The van der Waals surface area contributed by atoms with E-state index >= 15 is 0 Å². The van der Waals surface area contributed by atoms with Crippen molar-refractivity contribution in [2.75, 3.05) is 7.05 Å². The molecule has 0 aromatic heterocycles. The summed E-state index contributed by atoms with van der Waals surface area (Å²) in [4.78, 5) is 26.9. The first-order valence-electron chi connectivity index (χ1n) is 8.44. The number of nitrogens with one attached hydrogen (secondary N) is 1. The summed E-state index contributed by atoms with van der Waals surface area (Å²) in [7, 11) is 1.58. The lowest BCUT2D eigenvalue weighted by molar-refractivity contribution is -0.140. The first-order valence-corrected chi connectivity index (χ1v) is 9.20. The SMILES string of the molecule is CCC(C(=O)NC)N(Cc1ccc(Cl)cc1)C(=O)Cc1cccc(Cl)c1. The fraction of sp³-hybridized carbons (Fsp3) is 0.300. The molecule has 1 N–H and O–H groups in total. The van der Waals surface area contributed by atoms with Gasteiger partial charge in [0, 0.05) is 23.6 Å². The molecule has 0 radical (unpaired) electrons. The third-order valence-corrected chi connectivity index (χ3v) is 4.63. The van der Waals surface area contributed by atoms with E-state index in [-0.39, 0.29) is 18.2 Å². The molecule has 2 rings (SSSR count). The van der Waals surface area contributed by atoms with Gasteiger partial charge in [0.1, 0.15) is 6.04 Å². The van der Waals surface area contributed by atoms with Gasteiger partial charge >= 0.3 is 0 Å². The lowest BCUT2D eigenvalue weighted by atomic mass is 10.1. The number of amides is 2. The Kier molecular flexibility index (Phi) is 7.49. The van der Waals surface area contributed by atoms with Gasteiger partial charge in [0.15, 0.2) is 0 Å². The van der Waals surface area contributed by atoms with Gasteiger partial charge in [0.2, 0.25) is 11.8 Å². The van der Waals surface area contributed by atoms with Crippen LogP contribution in [0.2, 0.25) is 10.0 Å². The van der Waals surface area contributed by atoms with Gasteiger partial charge in [-0.05, 0) is 41.8 Å². The fourth-order valence-corrected chi connectivity index (χ4v) is 3.13. The van der Waals surface area contributed by atoms with E-state index in [0.717, 1.165) is 11.1 Å². The number of rotatable bonds is 7. The van der Waals surface area contributed by atoms with E-state index in [1.807, 2.05) is 31.2 Å². The molecule has 2 aromatic carbocycles. The molecule has 2 amide bonds. The smallest absolute Gasteiger partial charge is 0.242 e. The average molecular weight is 393 g/mol. The maximum atomic E-state index is 13.0. The molecule has 0 aliphatic carbocycles. The van der Waals surface area contributed by atoms with Crippen LogP contribution in [0.4, 0.5) is 0 Å². The molecular weight excluding hydrogens is 371 g/mol. The van der Waals surface area contributed by atoms with Crippen molar-refractivity contribution in [3.8, 4) is 0 Å². The highest BCUT2D eigenvalue weighted by atomic mass is 35.5. The number of nitrogens with zero attached hydrogens (tertiary/aromatic N) is 1. The molecule has 0 heterocycles. The minimum atomic E-state index is -0.539. The van der Waals surface area contributed by atoms with Crippen LogP contribution in [0, 0.1) is 0 Å². The van der Waals surface area contributed by atoms with Crippen molar-refractivity contribution in [3.05, 3.63) is 69.7 Å². The highest BCUT2D eigenvalue weighted by Crippen LogP contribution is 2.18. The summed E-state index contributed by atoms with van der Waals surface area (Å²) in [5.41, 5.74) is 1.73. The lowest BCUT2D eigenvalue weighted by Gasteiger charge is -2.30. The Morgan fingerprint density at radius 2 is 1.73 bits per heavy atom. The molecule has 4 nitrogen and oxygen atoms in total. The van der Waals surface area contributed by atoms with Crippen LogP contribution < -0.4 is 5.32 Å². The van der Waals surface area contributed by atoms with Crippen LogP contribution >= 0.6 is 23.2 Å². The molecule has 0 spiro atoms. The summed E-state index contributed by atoms with van der Waals surface area (Å²) in [6, 6.07) is 13.9. The van der Waals surface area contributed by atoms with Crippen molar-refractivity contribution < 1.29 is 9.59 Å². The highest BCUT2D eigenvalue weighted by molar-refractivity contribution is 6.30. The second kappa shape index (κ2) is 9.60. The number of benzene rings is 2. The van der Waals surface area contributed by atoms with Crippen molar-refractivity contribution in [3.63, 3.8) is 0 Å². The molecule has 0 bridgehead atoms. The third-order valence-electron chi connectivity index (χ3n) is 4.14. The summed E-state index contributed by atoms with van der Waals surface area (Å²) in [5.74, 6) is -0.307. The normalized spacial score (nSPS) is 11.7. The Balaban J connectivity index is 2.27. The minimum absolute atomic E-state index is 0.127. The van der Waals surface area contributed by atoms with Crippen molar-refractivity contribution >= 4 is 35.0 Å². The Morgan fingerprint density at radius 1 is 1.04 bits per heavy atom. The largest absolute Gasteiger partial charge is 0.357 e. The van der Waals surface area contributed by atoms with E-state index in [1.165, 1.54) is 0 Å². The van der Waals surface area contributed by atoms with Gasteiger partial charge in [0.05, 0.1) is 6.42 Å². The monoisotopic (exact) mass is 392 g/mol. The number of halogens is 2. The molecule has 0 saturated carbocycles. The summed E-state index contributed by atoms with van der Waals surface area (Å²) in [6.07, 6.45) is 0.705. The average Bonchev–Trinajstić information content (AvgIpc) is 2.62. The maximum absolute atomic E-state index is 13.0. The first-order chi connectivity index (χ1) is 12.4. The van der Waals surface area contributed by atoms with Crippen molar-refractivity contribution in [2.45, 2.75) is 32.4 Å². The maximum Gasteiger partial charge on any atom is 0.242 e. The van der Waals surface area contributed by atoms with E-state index in [9.17, 15) is 9.59 Å². The minimum Gasteiger partial charge on any atom is -0.357 e.